The van der Waals surface area contributed by atoms with E-state index in [4.69, 9.17) is 29.9 Å². The largest absolute Gasteiger partial charge is 0.497 e. The minimum atomic E-state index is -0.708. The Hall–Kier alpha value is -3.51. The molecule has 0 radical (unpaired) electrons. The molecule has 0 atom stereocenters. The van der Waals surface area contributed by atoms with Crippen LogP contribution in [0.15, 0.2) is 74.5 Å². The number of furan rings is 1. The second-order valence-electron chi connectivity index (χ2n) is 5.85. The molecule has 0 aliphatic carbocycles. The number of methoxy groups -OCH3 is 1. The summed E-state index contributed by atoms with van der Waals surface area (Å²) in [6.07, 6.45) is 1.36. The average Bonchev–Trinajstić information content (AvgIpc) is 3.23. The number of halogens is 1. The van der Waals surface area contributed by atoms with Crippen LogP contribution in [0, 0.1) is 0 Å². The average molecular weight is 397 g/mol. The van der Waals surface area contributed by atoms with Crippen molar-refractivity contribution in [3.63, 3.8) is 0 Å². The van der Waals surface area contributed by atoms with E-state index >= 15 is 0 Å². The van der Waals surface area contributed by atoms with Crippen molar-refractivity contribution in [2.24, 2.45) is 0 Å². The van der Waals surface area contributed by atoms with Crippen molar-refractivity contribution in [1.82, 2.24) is 0 Å². The second-order valence-corrected chi connectivity index (χ2v) is 6.26. The fraction of sp³-hybridized carbons (Fsp3) is 0.0476. The van der Waals surface area contributed by atoms with Gasteiger partial charge < -0.3 is 18.3 Å². The van der Waals surface area contributed by atoms with Gasteiger partial charge in [-0.05, 0) is 41.5 Å². The van der Waals surface area contributed by atoms with E-state index in [9.17, 15) is 9.59 Å². The van der Waals surface area contributed by atoms with Crippen molar-refractivity contribution < 1.29 is 23.1 Å². The van der Waals surface area contributed by atoms with Crippen molar-refractivity contribution in [3.8, 4) is 22.6 Å². The molecule has 28 heavy (non-hydrogen) atoms. The van der Waals surface area contributed by atoms with Gasteiger partial charge in [-0.3, -0.25) is 0 Å². The molecule has 4 rings (SSSR count). The van der Waals surface area contributed by atoms with Crippen LogP contribution in [0.4, 0.5) is 0 Å². The first-order chi connectivity index (χ1) is 13.5. The van der Waals surface area contributed by atoms with Crippen LogP contribution in [0.3, 0.4) is 0 Å². The Kier molecular flexibility index (Phi) is 4.63. The van der Waals surface area contributed by atoms with E-state index in [1.807, 2.05) is 12.1 Å². The lowest BCUT2D eigenvalue weighted by molar-refractivity contribution is 0.0701. The molecule has 6 nitrogen and oxygen atoms in total. The monoisotopic (exact) mass is 396 g/mol. The highest BCUT2D eigenvalue weighted by Crippen LogP contribution is 2.35. The topological polar surface area (TPSA) is 78.9 Å². The third kappa shape index (κ3) is 3.37. The number of ether oxygens (including phenoxy) is 2. The molecule has 0 N–H and O–H groups in total. The van der Waals surface area contributed by atoms with Crippen LogP contribution in [0.1, 0.15) is 10.6 Å². The van der Waals surface area contributed by atoms with Gasteiger partial charge in [-0.2, -0.15) is 0 Å². The van der Waals surface area contributed by atoms with Crippen LogP contribution < -0.4 is 15.1 Å². The zero-order chi connectivity index (χ0) is 19.7. The lowest BCUT2D eigenvalue weighted by Gasteiger charge is -2.10. The van der Waals surface area contributed by atoms with Gasteiger partial charge in [0.15, 0.2) is 5.75 Å². The predicted octanol–water partition coefficient (Wildman–Crippen LogP) is 4.93. The number of rotatable bonds is 4. The third-order valence-corrected chi connectivity index (χ3v) is 4.42. The SMILES string of the molecule is COc1ccc(-c2cc(=O)oc3cc(OC(=O)c4ccco4)c(Cl)cc23)cc1. The molecule has 2 heterocycles. The molecule has 0 unspecified atom stereocenters. The third-order valence-electron chi connectivity index (χ3n) is 4.12. The minimum absolute atomic E-state index is 0.0320. The molecule has 0 aliphatic rings. The number of esters is 1. The lowest BCUT2D eigenvalue weighted by Crippen LogP contribution is -2.08. The standard InChI is InChI=1S/C21H13ClO6/c1-25-13-6-4-12(5-7-13)14-10-20(23)27-18-11-19(16(22)9-15(14)18)28-21(24)17-3-2-8-26-17/h2-11H,1H3. The molecule has 140 valence electrons. The van der Waals surface area contributed by atoms with Gasteiger partial charge in [0.25, 0.3) is 0 Å². The van der Waals surface area contributed by atoms with Crippen LogP contribution in [0.5, 0.6) is 11.5 Å². The van der Waals surface area contributed by atoms with Crippen LogP contribution in [-0.4, -0.2) is 13.1 Å². The molecular weight excluding hydrogens is 384 g/mol. The normalized spacial score (nSPS) is 10.8. The number of fused-ring (bicyclic) bond motifs is 1. The summed E-state index contributed by atoms with van der Waals surface area (Å²) in [5.74, 6) is 0.0799. The fourth-order valence-corrected chi connectivity index (χ4v) is 3.00. The van der Waals surface area contributed by atoms with Gasteiger partial charge in [-0.25, -0.2) is 9.59 Å². The summed E-state index contributed by atoms with van der Waals surface area (Å²) in [4.78, 5) is 24.2. The Bertz CT molecular complexity index is 1210. The van der Waals surface area contributed by atoms with Crippen LogP contribution >= 0.6 is 11.6 Å². The van der Waals surface area contributed by atoms with Gasteiger partial charge in [-0.15, -0.1) is 0 Å². The molecule has 4 aromatic rings. The summed E-state index contributed by atoms with van der Waals surface area (Å²) in [6.45, 7) is 0. The molecule has 7 heteroatoms. The molecule has 2 aromatic heterocycles. The van der Waals surface area contributed by atoms with E-state index in [2.05, 4.69) is 0 Å². The first-order valence-electron chi connectivity index (χ1n) is 8.22. The molecule has 0 fully saturated rings. The van der Waals surface area contributed by atoms with Gasteiger partial charge >= 0.3 is 11.6 Å². The van der Waals surface area contributed by atoms with E-state index in [0.29, 0.717) is 16.7 Å². The number of hydrogen-bond donors (Lipinski definition) is 0. The number of benzene rings is 2. The number of carbonyl (C=O) groups excluding carboxylic acids is 1. The summed E-state index contributed by atoms with van der Waals surface area (Å²) >= 11 is 6.31. The summed E-state index contributed by atoms with van der Waals surface area (Å²) in [5, 5.41) is 0.795. The van der Waals surface area contributed by atoms with Crippen molar-refractivity contribution in [3.05, 3.63) is 82.1 Å². The van der Waals surface area contributed by atoms with Crippen molar-refractivity contribution in [2.45, 2.75) is 0 Å². The quantitative estimate of drug-likeness (QED) is 0.276. The second kappa shape index (κ2) is 7.25. The molecule has 0 saturated heterocycles. The maximum atomic E-state index is 12.1. The zero-order valence-corrected chi connectivity index (χ0v) is 15.4. The van der Waals surface area contributed by atoms with E-state index in [1.54, 1.807) is 31.4 Å². The van der Waals surface area contributed by atoms with Crippen LogP contribution in [0.25, 0.3) is 22.1 Å². The lowest BCUT2D eigenvalue weighted by atomic mass is 10.0. The Labute approximate surface area is 163 Å². The van der Waals surface area contributed by atoms with E-state index in [0.717, 1.165) is 5.56 Å². The van der Waals surface area contributed by atoms with Crippen LogP contribution in [-0.2, 0) is 0 Å². The van der Waals surface area contributed by atoms with Gasteiger partial charge in [0.1, 0.15) is 11.3 Å². The van der Waals surface area contributed by atoms with Crippen LogP contribution in [0.2, 0.25) is 5.02 Å². The number of carbonyl (C=O) groups is 1. The van der Waals surface area contributed by atoms with Gasteiger partial charge in [0.2, 0.25) is 5.76 Å². The molecular formula is C21H13ClO6. The van der Waals surface area contributed by atoms with E-state index in [1.165, 1.54) is 24.5 Å². The minimum Gasteiger partial charge on any atom is -0.497 e. The molecule has 2 aromatic carbocycles. The summed E-state index contributed by atoms with van der Waals surface area (Å²) in [6, 6.07) is 14.6. The van der Waals surface area contributed by atoms with Crippen molar-refractivity contribution >= 4 is 28.5 Å². The Balaban J connectivity index is 1.79. The molecule has 0 amide bonds. The first kappa shape index (κ1) is 17.9. The molecule has 0 saturated carbocycles. The predicted molar refractivity (Wildman–Crippen MR) is 103 cm³/mol. The zero-order valence-electron chi connectivity index (χ0n) is 14.6. The van der Waals surface area contributed by atoms with E-state index in [-0.39, 0.29) is 22.1 Å². The fourth-order valence-electron chi connectivity index (χ4n) is 2.80. The molecule has 0 spiro atoms. The smallest absolute Gasteiger partial charge is 0.379 e. The summed E-state index contributed by atoms with van der Waals surface area (Å²) < 4.78 is 20.7. The van der Waals surface area contributed by atoms with E-state index < -0.39 is 11.6 Å². The molecule has 0 bridgehead atoms. The first-order valence-corrected chi connectivity index (χ1v) is 8.60. The van der Waals surface area contributed by atoms with Gasteiger partial charge in [0, 0.05) is 17.5 Å². The summed E-state index contributed by atoms with van der Waals surface area (Å²) in [7, 11) is 1.58. The Morgan fingerprint density at radius 1 is 1.07 bits per heavy atom. The maximum absolute atomic E-state index is 12.1. The van der Waals surface area contributed by atoms with Crippen molar-refractivity contribution in [2.75, 3.05) is 7.11 Å². The highest BCUT2D eigenvalue weighted by Gasteiger charge is 2.17. The molecule has 0 aliphatic heterocycles. The number of hydrogen-bond acceptors (Lipinski definition) is 6. The maximum Gasteiger partial charge on any atom is 0.379 e. The summed E-state index contributed by atoms with van der Waals surface area (Å²) in [5.41, 5.74) is 1.13. The van der Waals surface area contributed by atoms with Gasteiger partial charge in [0.05, 0.1) is 18.4 Å². The Morgan fingerprint density at radius 3 is 2.54 bits per heavy atom. The van der Waals surface area contributed by atoms with Crippen molar-refractivity contribution in [1.29, 1.82) is 0 Å². The van der Waals surface area contributed by atoms with Gasteiger partial charge in [-0.1, -0.05) is 23.7 Å². The highest BCUT2D eigenvalue weighted by atomic mass is 35.5. The highest BCUT2D eigenvalue weighted by molar-refractivity contribution is 6.33. The Morgan fingerprint density at radius 2 is 1.86 bits per heavy atom.